The number of ether oxygens (including phenoxy) is 1. The van der Waals surface area contributed by atoms with E-state index >= 15 is 0 Å². The van der Waals surface area contributed by atoms with Crippen molar-refractivity contribution in [2.45, 2.75) is 13.8 Å². The molecule has 0 fully saturated rings. The van der Waals surface area contributed by atoms with Gasteiger partial charge in [0, 0.05) is 11.6 Å². The van der Waals surface area contributed by atoms with E-state index in [-0.39, 0.29) is 12.2 Å². The normalized spacial score (nSPS) is 9.91. The number of anilines is 1. The number of nitrogens with one attached hydrogen (secondary N) is 1. The van der Waals surface area contributed by atoms with Gasteiger partial charge in [0.1, 0.15) is 0 Å². The Balaban J connectivity index is 3.70. The minimum Gasteiger partial charge on any atom is -0.450 e. The Morgan fingerprint density at radius 3 is 2.09 bits per heavy atom. The Morgan fingerprint density at radius 1 is 1.14 bits per heavy atom. The van der Waals surface area contributed by atoms with E-state index in [2.05, 4.69) is 4.74 Å². The maximum Gasteiger partial charge on any atom is 0.412 e. The van der Waals surface area contributed by atoms with Crippen LogP contribution in [-0.4, -0.2) is 27.5 Å². The number of carbonyl (C=O) groups excluding carboxylic acids is 1. The Hall–Kier alpha value is -3.31. The van der Waals surface area contributed by atoms with Gasteiger partial charge in [0.05, 0.1) is 21.4 Å². The highest BCUT2D eigenvalue weighted by Gasteiger charge is 2.38. The summed E-state index contributed by atoms with van der Waals surface area (Å²) in [6.07, 6.45) is -1.20. The molecular formula is C10H10N4O8. The van der Waals surface area contributed by atoms with Crippen molar-refractivity contribution in [2.75, 3.05) is 11.9 Å². The van der Waals surface area contributed by atoms with Gasteiger partial charge in [-0.3, -0.25) is 35.7 Å². The molecule has 1 N–H and O–H groups in total. The monoisotopic (exact) mass is 314 g/mol. The first-order valence-electron chi connectivity index (χ1n) is 5.75. The van der Waals surface area contributed by atoms with Crippen LogP contribution in [0.15, 0.2) is 6.07 Å². The van der Waals surface area contributed by atoms with Crippen LogP contribution in [0.5, 0.6) is 0 Å². The van der Waals surface area contributed by atoms with Crippen molar-refractivity contribution in [2.24, 2.45) is 0 Å². The lowest BCUT2D eigenvalue weighted by Gasteiger charge is -2.08. The molecule has 0 atom stereocenters. The fraction of sp³-hybridized carbons (Fsp3) is 0.300. The Kier molecular flexibility index (Phi) is 4.89. The van der Waals surface area contributed by atoms with Crippen LogP contribution in [0.1, 0.15) is 12.5 Å². The number of benzene rings is 1. The van der Waals surface area contributed by atoms with Crippen LogP contribution in [-0.2, 0) is 4.74 Å². The minimum absolute atomic E-state index is 0.0959. The van der Waals surface area contributed by atoms with Crippen molar-refractivity contribution in [1.82, 2.24) is 0 Å². The number of nitrogens with zero attached hydrogens (tertiary/aromatic N) is 3. The molecule has 0 radical (unpaired) electrons. The number of hydrogen-bond donors (Lipinski definition) is 1. The van der Waals surface area contributed by atoms with E-state index in [4.69, 9.17) is 0 Å². The van der Waals surface area contributed by atoms with Gasteiger partial charge in [0.2, 0.25) is 5.69 Å². The van der Waals surface area contributed by atoms with Crippen LogP contribution < -0.4 is 5.32 Å². The summed E-state index contributed by atoms with van der Waals surface area (Å²) in [4.78, 5) is 41.2. The van der Waals surface area contributed by atoms with Gasteiger partial charge < -0.3 is 4.74 Å². The van der Waals surface area contributed by atoms with Crippen molar-refractivity contribution in [1.29, 1.82) is 0 Å². The molecule has 0 aromatic heterocycles. The van der Waals surface area contributed by atoms with Gasteiger partial charge in [-0.1, -0.05) is 0 Å². The smallest absolute Gasteiger partial charge is 0.412 e. The maximum atomic E-state index is 11.4. The van der Waals surface area contributed by atoms with Crippen LogP contribution in [0.3, 0.4) is 0 Å². The molecule has 118 valence electrons. The van der Waals surface area contributed by atoms with E-state index in [0.29, 0.717) is 0 Å². The summed E-state index contributed by atoms with van der Waals surface area (Å²) in [5.74, 6) is 0. The van der Waals surface area contributed by atoms with E-state index in [1.807, 2.05) is 5.32 Å². The Morgan fingerprint density at radius 2 is 1.68 bits per heavy atom. The zero-order valence-corrected chi connectivity index (χ0v) is 11.4. The lowest BCUT2D eigenvalue weighted by Crippen LogP contribution is -2.16. The van der Waals surface area contributed by atoms with Crippen molar-refractivity contribution < 1.29 is 24.3 Å². The quantitative estimate of drug-likeness (QED) is 0.637. The second-order valence-corrected chi connectivity index (χ2v) is 3.90. The lowest BCUT2D eigenvalue weighted by atomic mass is 10.1. The van der Waals surface area contributed by atoms with Crippen molar-refractivity contribution >= 4 is 28.8 Å². The fourth-order valence-electron chi connectivity index (χ4n) is 1.72. The molecule has 1 aromatic rings. The summed E-state index contributed by atoms with van der Waals surface area (Å²) >= 11 is 0. The molecule has 0 aliphatic heterocycles. The average molecular weight is 314 g/mol. The first kappa shape index (κ1) is 16.7. The van der Waals surface area contributed by atoms with Gasteiger partial charge in [0.15, 0.2) is 0 Å². The van der Waals surface area contributed by atoms with Crippen molar-refractivity contribution in [3.05, 3.63) is 42.0 Å². The molecule has 0 bridgehead atoms. The number of rotatable bonds is 5. The fourth-order valence-corrected chi connectivity index (χ4v) is 1.72. The summed E-state index contributed by atoms with van der Waals surface area (Å²) in [6.45, 7) is 2.47. The van der Waals surface area contributed by atoms with Gasteiger partial charge in [-0.2, -0.15) is 0 Å². The van der Waals surface area contributed by atoms with Gasteiger partial charge in [0.25, 0.3) is 0 Å². The molecule has 1 aromatic carbocycles. The van der Waals surface area contributed by atoms with Crippen molar-refractivity contribution in [3.63, 3.8) is 0 Å². The lowest BCUT2D eigenvalue weighted by molar-refractivity contribution is -0.423. The van der Waals surface area contributed by atoms with Crippen LogP contribution in [0.4, 0.5) is 27.5 Å². The molecule has 1 amide bonds. The number of amides is 1. The number of aryl methyl sites for hydroxylation is 1. The van der Waals surface area contributed by atoms with E-state index in [1.165, 1.54) is 6.92 Å². The molecular weight excluding hydrogens is 304 g/mol. The zero-order chi connectivity index (χ0) is 17.0. The Labute approximate surface area is 122 Å². The highest BCUT2D eigenvalue weighted by molar-refractivity contribution is 5.95. The molecule has 22 heavy (non-hydrogen) atoms. The van der Waals surface area contributed by atoms with Crippen LogP contribution >= 0.6 is 0 Å². The number of hydrogen-bond acceptors (Lipinski definition) is 8. The molecule has 0 saturated carbocycles. The predicted molar refractivity (Wildman–Crippen MR) is 71.8 cm³/mol. The largest absolute Gasteiger partial charge is 0.450 e. The first-order valence-corrected chi connectivity index (χ1v) is 5.75. The van der Waals surface area contributed by atoms with Crippen LogP contribution in [0.25, 0.3) is 0 Å². The summed E-state index contributed by atoms with van der Waals surface area (Å²) in [5.41, 5.74) is -4.14. The molecule has 12 heteroatoms. The molecule has 0 aliphatic carbocycles. The van der Waals surface area contributed by atoms with Gasteiger partial charge >= 0.3 is 23.2 Å². The zero-order valence-electron chi connectivity index (χ0n) is 11.4. The molecule has 12 nitrogen and oxygen atoms in total. The third-order valence-corrected chi connectivity index (χ3v) is 2.51. The van der Waals surface area contributed by atoms with Gasteiger partial charge in [-0.05, 0) is 13.8 Å². The topological polar surface area (TPSA) is 168 Å². The van der Waals surface area contributed by atoms with E-state index in [1.54, 1.807) is 0 Å². The van der Waals surface area contributed by atoms with E-state index < -0.39 is 43.6 Å². The summed E-state index contributed by atoms with van der Waals surface area (Å²) in [5, 5.41) is 34.9. The second kappa shape index (κ2) is 6.43. The molecule has 0 spiro atoms. The van der Waals surface area contributed by atoms with Gasteiger partial charge in [-0.25, -0.2) is 4.79 Å². The average Bonchev–Trinajstić information content (AvgIpc) is 2.38. The highest BCUT2D eigenvalue weighted by Crippen LogP contribution is 2.43. The predicted octanol–water partition coefficient (Wildman–Crippen LogP) is 2.29. The summed E-state index contributed by atoms with van der Waals surface area (Å²) in [6, 6.07) is 0.771. The molecule has 0 saturated heterocycles. The molecule has 0 heterocycles. The third kappa shape index (κ3) is 3.23. The number of nitro groups is 3. The third-order valence-electron chi connectivity index (χ3n) is 2.51. The molecule has 0 aliphatic rings. The Bertz CT molecular complexity index is 671. The van der Waals surface area contributed by atoms with E-state index in [9.17, 15) is 35.1 Å². The summed E-state index contributed by atoms with van der Waals surface area (Å²) in [7, 11) is 0. The van der Waals surface area contributed by atoms with Crippen LogP contribution in [0, 0.1) is 37.3 Å². The number of carbonyl (C=O) groups is 1. The van der Waals surface area contributed by atoms with E-state index in [0.717, 1.165) is 13.0 Å². The second-order valence-electron chi connectivity index (χ2n) is 3.90. The first-order chi connectivity index (χ1) is 10.2. The molecule has 0 unspecified atom stereocenters. The van der Waals surface area contributed by atoms with Crippen LogP contribution in [0.2, 0.25) is 0 Å². The van der Waals surface area contributed by atoms with Gasteiger partial charge in [-0.15, -0.1) is 0 Å². The highest BCUT2D eigenvalue weighted by atomic mass is 16.6. The molecule has 1 rings (SSSR count). The summed E-state index contributed by atoms with van der Waals surface area (Å²) < 4.78 is 4.48. The number of nitro benzene ring substituents is 3. The maximum absolute atomic E-state index is 11.4. The standard InChI is InChI=1S/C10H10N4O8/c1-3-22-10(15)11-7-6(12(16)17)4-5(2)8(13(18)19)9(7)14(20)21/h4H,3H2,1-2H3,(H,11,15). The SMILES string of the molecule is CCOC(=O)Nc1c([N+](=O)[O-])cc(C)c([N+](=O)[O-])c1[N+](=O)[O-]. The van der Waals surface area contributed by atoms with Crippen molar-refractivity contribution in [3.8, 4) is 0 Å². The minimum atomic E-state index is -1.20.